The van der Waals surface area contributed by atoms with Crippen molar-refractivity contribution in [2.45, 2.75) is 20.0 Å². The molecule has 1 aliphatic rings. The molecule has 0 bridgehead atoms. The van der Waals surface area contributed by atoms with Crippen LogP contribution in [0.4, 0.5) is 10.5 Å². The molecule has 1 aliphatic heterocycles. The summed E-state index contributed by atoms with van der Waals surface area (Å²) in [4.78, 5) is 34.4. The summed E-state index contributed by atoms with van der Waals surface area (Å²) < 4.78 is 5.18. The van der Waals surface area contributed by atoms with E-state index in [1.165, 1.54) is 24.8 Å². The number of rotatable bonds is 5. The lowest BCUT2D eigenvalue weighted by molar-refractivity contribution is -0.422. The number of amides is 2. The van der Waals surface area contributed by atoms with Crippen LogP contribution in [0.15, 0.2) is 30.0 Å². The van der Waals surface area contributed by atoms with E-state index in [0.29, 0.717) is 17.8 Å². The van der Waals surface area contributed by atoms with Gasteiger partial charge in [0.25, 0.3) is 0 Å². The molecule has 0 spiro atoms. The number of anilines is 1. The molecule has 122 valence electrons. The van der Waals surface area contributed by atoms with Gasteiger partial charge in [-0.3, -0.25) is 19.8 Å². The predicted molar refractivity (Wildman–Crippen MR) is 83.4 cm³/mol. The molecule has 1 atom stereocenters. The topological polar surface area (TPSA) is 102 Å². The number of nitrogens with zero attached hydrogens (tertiary/aromatic N) is 2. The third-order valence-electron chi connectivity index (χ3n) is 3.32. The van der Waals surface area contributed by atoms with Crippen molar-refractivity contribution in [3.8, 4) is 0 Å². The number of carbonyl (C=O) groups is 2. The van der Waals surface area contributed by atoms with Gasteiger partial charge in [0.15, 0.2) is 0 Å². The molecule has 1 heterocycles. The first-order valence-electron chi connectivity index (χ1n) is 7.02. The first-order valence-corrected chi connectivity index (χ1v) is 7.02. The van der Waals surface area contributed by atoms with Crippen LogP contribution in [0.25, 0.3) is 6.08 Å². The van der Waals surface area contributed by atoms with Gasteiger partial charge in [0, 0.05) is 25.6 Å². The zero-order valence-corrected chi connectivity index (χ0v) is 12.8. The van der Waals surface area contributed by atoms with E-state index in [1.807, 2.05) is 0 Å². The van der Waals surface area contributed by atoms with Crippen molar-refractivity contribution in [1.82, 2.24) is 5.32 Å². The minimum atomic E-state index is -0.481. The zero-order valence-electron chi connectivity index (χ0n) is 12.8. The van der Waals surface area contributed by atoms with E-state index in [9.17, 15) is 19.7 Å². The molecule has 0 radical (unpaired) electrons. The Kier molecular flexibility index (Phi) is 4.95. The summed E-state index contributed by atoms with van der Waals surface area (Å²) in [6.45, 7) is 3.41. The van der Waals surface area contributed by atoms with E-state index in [0.717, 1.165) is 0 Å². The minimum Gasteiger partial charge on any atom is -0.442 e. The van der Waals surface area contributed by atoms with Crippen molar-refractivity contribution in [3.05, 3.63) is 45.6 Å². The first-order chi connectivity index (χ1) is 10.9. The third-order valence-corrected chi connectivity index (χ3v) is 3.32. The van der Waals surface area contributed by atoms with E-state index in [-0.39, 0.29) is 18.1 Å². The van der Waals surface area contributed by atoms with Crippen LogP contribution in [0.2, 0.25) is 0 Å². The van der Waals surface area contributed by atoms with Crippen molar-refractivity contribution < 1.29 is 19.2 Å². The lowest BCUT2D eigenvalue weighted by Crippen LogP contribution is -2.33. The van der Waals surface area contributed by atoms with Crippen molar-refractivity contribution >= 4 is 23.8 Å². The van der Waals surface area contributed by atoms with E-state index < -0.39 is 17.1 Å². The minimum absolute atomic E-state index is 0.0358. The molecule has 1 N–H and O–H groups in total. The number of carbonyl (C=O) groups excluding carboxylic acids is 2. The highest BCUT2D eigenvalue weighted by molar-refractivity contribution is 5.90. The molecule has 8 nitrogen and oxygen atoms in total. The lowest BCUT2D eigenvalue weighted by atomic mass is 10.1. The number of nitrogens with one attached hydrogen (secondary N) is 1. The van der Waals surface area contributed by atoms with Crippen molar-refractivity contribution in [3.63, 3.8) is 0 Å². The number of nitro groups is 1. The molecule has 1 unspecified atom stereocenters. The molecular weight excluding hydrogens is 302 g/mol. The largest absolute Gasteiger partial charge is 0.442 e. The highest BCUT2D eigenvalue weighted by Crippen LogP contribution is 2.22. The lowest BCUT2D eigenvalue weighted by Gasteiger charge is -2.13. The second kappa shape index (κ2) is 6.91. The summed E-state index contributed by atoms with van der Waals surface area (Å²) in [5.74, 6) is -0.184. The van der Waals surface area contributed by atoms with Gasteiger partial charge in [0.2, 0.25) is 11.6 Å². The fourth-order valence-electron chi connectivity index (χ4n) is 2.14. The van der Waals surface area contributed by atoms with Crippen molar-refractivity contribution in [2.75, 3.05) is 18.0 Å². The zero-order chi connectivity index (χ0) is 17.0. The van der Waals surface area contributed by atoms with E-state index in [4.69, 9.17) is 4.74 Å². The van der Waals surface area contributed by atoms with Gasteiger partial charge in [-0.05, 0) is 17.7 Å². The summed E-state index contributed by atoms with van der Waals surface area (Å²) in [6, 6.07) is 6.77. The number of ether oxygens (including phenoxy) is 1. The summed E-state index contributed by atoms with van der Waals surface area (Å²) >= 11 is 0. The molecule has 2 amide bonds. The van der Waals surface area contributed by atoms with Crippen LogP contribution in [-0.4, -0.2) is 36.1 Å². The smallest absolute Gasteiger partial charge is 0.414 e. The molecule has 0 saturated carbocycles. The van der Waals surface area contributed by atoms with Gasteiger partial charge in [-0.2, -0.15) is 0 Å². The molecular formula is C15H17N3O5. The van der Waals surface area contributed by atoms with Gasteiger partial charge in [-0.25, -0.2) is 4.79 Å². The normalized spacial score (nSPS) is 17.8. The Balaban J connectivity index is 2.05. The summed E-state index contributed by atoms with van der Waals surface area (Å²) in [6.07, 6.45) is 0.568. The van der Waals surface area contributed by atoms with Crippen LogP contribution in [0, 0.1) is 10.1 Å². The molecule has 1 aromatic carbocycles. The number of benzene rings is 1. The molecule has 0 aromatic heterocycles. The maximum absolute atomic E-state index is 11.9. The summed E-state index contributed by atoms with van der Waals surface area (Å²) in [5, 5.41) is 13.2. The average Bonchev–Trinajstić information content (AvgIpc) is 2.87. The molecule has 1 saturated heterocycles. The Morgan fingerprint density at radius 2 is 2.09 bits per heavy atom. The molecule has 1 aromatic rings. The van der Waals surface area contributed by atoms with Crippen LogP contribution in [0.3, 0.4) is 0 Å². The SMILES string of the molecule is CC(=O)NCC1CN(c2ccc(/C=C(\C)[N+](=O)[O-])cc2)C(=O)O1. The Morgan fingerprint density at radius 3 is 2.65 bits per heavy atom. The fraction of sp³-hybridized carbons (Fsp3) is 0.333. The van der Waals surface area contributed by atoms with Crippen LogP contribution >= 0.6 is 0 Å². The molecule has 1 fully saturated rings. The molecule has 2 rings (SSSR count). The van der Waals surface area contributed by atoms with Gasteiger partial charge in [0.05, 0.1) is 18.0 Å². The van der Waals surface area contributed by atoms with Crippen LogP contribution in [-0.2, 0) is 9.53 Å². The third kappa shape index (κ3) is 4.29. The second-order valence-corrected chi connectivity index (χ2v) is 5.19. The van der Waals surface area contributed by atoms with Gasteiger partial charge >= 0.3 is 6.09 Å². The number of hydrogen-bond donors (Lipinski definition) is 1. The second-order valence-electron chi connectivity index (χ2n) is 5.19. The summed E-state index contributed by atoms with van der Waals surface area (Å²) in [5.41, 5.74) is 1.34. The molecule has 23 heavy (non-hydrogen) atoms. The standard InChI is InChI=1S/C15H17N3O5/c1-10(18(21)22)7-12-3-5-13(6-4-12)17-9-14(23-15(17)20)8-16-11(2)19/h3-7,14H,8-9H2,1-2H3,(H,16,19)/b10-7+. The Bertz CT molecular complexity index is 654. The highest BCUT2D eigenvalue weighted by atomic mass is 16.6. The average molecular weight is 319 g/mol. The predicted octanol–water partition coefficient (Wildman–Crippen LogP) is 1.79. The Morgan fingerprint density at radius 1 is 1.43 bits per heavy atom. The van der Waals surface area contributed by atoms with E-state index in [2.05, 4.69) is 5.32 Å². The quantitative estimate of drug-likeness (QED) is 0.658. The first kappa shape index (κ1) is 16.5. The summed E-state index contributed by atoms with van der Waals surface area (Å²) in [7, 11) is 0. The van der Waals surface area contributed by atoms with Gasteiger partial charge in [-0.15, -0.1) is 0 Å². The number of cyclic esters (lactones) is 1. The number of hydrogen-bond acceptors (Lipinski definition) is 5. The van der Waals surface area contributed by atoms with Gasteiger partial charge in [-0.1, -0.05) is 12.1 Å². The maximum Gasteiger partial charge on any atom is 0.414 e. The molecule has 0 aliphatic carbocycles. The highest BCUT2D eigenvalue weighted by Gasteiger charge is 2.32. The molecule has 8 heteroatoms. The fourth-order valence-corrected chi connectivity index (χ4v) is 2.14. The van der Waals surface area contributed by atoms with Crippen LogP contribution < -0.4 is 10.2 Å². The van der Waals surface area contributed by atoms with Crippen LogP contribution in [0.5, 0.6) is 0 Å². The maximum atomic E-state index is 11.9. The van der Waals surface area contributed by atoms with Crippen LogP contribution in [0.1, 0.15) is 19.4 Å². The number of allylic oxidation sites excluding steroid dienone is 1. The van der Waals surface area contributed by atoms with Crippen molar-refractivity contribution in [2.24, 2.45) is 0 Å². The monoisotopic (exact) mass is 319 g/mol. The van der Waals surface area contributed by atoms with Gasteiger partial charge < -0.3 is 10.1 Å². The van der Waals surface area contributed by atoms with E-state index >= 15 is 0 Å². The Labute approximate surface area is 132 Å². The van der Waals surface area contributed by atoms with E-state index in [1.54, 1.807) is 24.3 Å². The Hall–Kier alpha value is -2.90. The van der Waals surface area contributed by atoms with Crippen molar-refractivity contribution in [1.29, 1.82) is 0 Å². The van der Waals surface area contributed by atoms with Gasteiger partial charge in [0.1, 0.15) is 6.10 Å².